The van der Waals surface area contributed by atoms with Crippen LogP contribution in [-0.2, 0) is 0 Å². The van der Waals surface area contributed by atoms with E-state index < -0.39 is 5.97 Å². The van der Waals surface area contributed by atoms with Crippen LogP contribution < -0.4 is 0 Å². The smallest absolute Gasteiger partial charge is 0.352 e. The number of rotatable bonds is 3. The van der Waals surface area contributed by atoms with Gasteiger partial charge in [0.05, 0.1) is 0 Å². The molecule has 2 aromatic rings. The fraction of sp³-hybridized carbons (Fsp3) is 0.154. The van der Waals surface area contributed by atoms with E-state index in [4.69, 9.17) is 5.11 Å². The molecule has 16 heavy (non-hydrogen) atoms. The van der Waals surface area contributed by atoms with Gasteiger partial charge in [0, 0.05) is 12.1 Å². The van der Waals surface area contributed by atoms with Crippen molar-refractivity contribution in [1.82, 2.24) is 4.98 Å². The Kier molecular flexibility index (Phi) is 2.77. The molecule has 3 nitrogen and oxygen atoms in total. The highest BCUT2D eigenvalue weighted by molar-refractivity contribution is 5.87. The molecule has 0 spiro atoms. The Morgan fingerprint density at radius 2 is 1.94 bits per heavy atom. The number of carbonyl (C=O) groups is 1. The van der Waals surface area contributed by atoms with Crippen molar-refractivity contribution in [3.05, 3.63) is 59.4 Å². The van der Waals surface area contributed by atoms with E-state index >= 15 is 0 Å². The molecule has 0 fully saturated rings. The predicted molar refractivity (Wildman–Crippen MR) is 61.7 cm³/mol. The van der Waals surface area contributed by atoms with E-state index in [-0.39, 0.29) is 11.6 Å². The molecule has 82 valence electrons. The minimum Gasteiger partial charge on any atom is -0.477 e. The predicted octanol–water partition coefficient (Wildman–Crippen LogP) is 2.86. The van der Waals surface area contributed by atoms with Gasteiger partial charge in [0.1, 0.15) is 5.69 Å². The Balaban J connectivity index is 2.38. The van der Waals surface area contributed by atoms with Gasteiger partial charge in [0.25, 0.3) is 0 Å². The molecule has 1 aromatic carbocycles. The third-order valence-corrected chi connectivity index (χ3v) is 2.76. The largest absolute Gasteiger partial charge is 0.477 e. The number of hydrogen-bond acceptors (Lipinski definition) is 1. The molecule has 3 heteroatoms. The van der Waals surface area contributed by atoms with Gasteiger partial charge in [-0.25, -0.2) is 4.79 Å². The first kappa shape index (κ1) is 10.5. The summed E-state index contributed by atoms with van der Waals surface area (Å²) in [5.74, 6) is -0.832. The molecule has 2 N–H and O–H groups in total. The molecular weight excluding hydrogens is 202 g/mol. The molecule has 0 bridgehead atoms. The molecule has 0 saturated heterocycles. The lowest BCUT2D eigenvalue weighted by Gasteiger charge is -2.11. The van der Waals surface area contributed by atoms with E-state index in [0.717, 1.165) is 11.1 Å². The first-order valence-electron chi connectivity index (χ1n) is 5.15. The Labute approximate surface area is 93.7 Å². The summed E-state index contributed by atoms with van der Waals surface area (Å²) in [5, 5.41) is 9.02. The van der Waals surface area contributed by atoms with Gasteiger partial charge in [-0.3, -0.25) is 0 Å². The van der Waals surface area contributed by atoms with Crippen LogP contribution in [0, 0.1) is 0 Å². The lowest BCUT2D eigenvalue weighted by atomic mass is 9.93. The molecule has 0 aliphatic heterocycles. The number of aromatic nitrogens is 1. The van der Waals surface area contributed by atoms with Gasteiger partial charge in [-0.05, 0) is 17.2 Å². The molecule has 1 unspecified atom stereocenters. The van der Waals surface area contributed by atoms with E-state index in [0.29, 0.717) is 0 Å². The summed E-state index contributed by atoms with van der Waals surface area (Å²) in [4.78, 5) is 13.7. The lowest BCUT2D eigenvalue weighted by Crippen LogP contribution is -2.04. The van der Waals surface area contributed by atoms with E-state index in [1.807, 2.05) is 43.3 Å². The van der Waals surface area contributed by atoms with Crippen molar-refractivity contribution in [3.63, 3.8) is 0 Å². The second-order valence-electron chi connectivity index (χ2n) is 3.75. The molecule has 0 aliphatic rings. The molecular formula is C13H13NO2. The number of hydrogen-bond donors (Lipinski definition) is 2. The quantitative estimate of drug-likeness (QED) is 0.827. The van der Waals surface area contributed by atoms with Gasteiger partial charge in [0.15, 0.2) is 0 Å². The van der Waals surface area contributed by atoms with Crippen LogP contribution in [0.1, 0.15) is 34.5 Å². The Hall–Kier alpha value is -2.03. The topological polar surface area (TPSA) is 53.1 Å². The number of aromatic amines is 1. The standard InChI is InChI=1S/C13H13NO2/c1-9(10-5-3-2-4-6-10)11-7-8-14-12(11)13(15)16/h2-9,14H,1H3,(H,15,16). The van der Waals surface area contributed by atoms with Crippen LogP contribution in [0.15, 0.2) is 42.6 Å². The number of H-pyrrole nitrogens is 1. The highest BCUT2D eigenvalue weighted by Gasteiger charge is 2.17. The van der Waals surface area contributed by atoms with E-state index in [1.165, 1.54) is 0 Å². The maximum Gasteiger partial charge on any atom is 0.352 e. The molecule has 1 heterocycles. The fourth-order valence-electron chi connectivity index (χ4n) is 1.85. The SMILES string of the molecule is CC(c1ccccc1)c1cc[nH]c1C(=O)O. The molecule has 2 rings (SSSR count). The fourth-order valence-corrected chi connectivity index (χ4v) is 1.85. The Morgan fingerprint density at radius 3 is 2.56 bits per heavy atom. The van der Waals surface area contributed by atoms with Crippen molar-refractivity contribution in [2.75, 3.05) is 0 Å². The van der Waals surface area contributed by atoms with Crippen LogP contribution >= 0.6 is 0 Å². The Bertz CT molecular complexity index is 488. The van der Waals surface area contributed by atoms with Crippen LogP contribution in [0.2, 0.25) is 0 Å². The zero-order valence-corrected chi connectivity index (χ0v) is 8.97. The van der Waals surface area contributed by atoms with Gasteiger partial charge >= 0.3 is 5.97 Å². The third kappa shape index (κ3) is 1.84. The first-order chi connectivity index (χ1) is 7.70. The lowest BCUT2D eigenvalue weighted by molar-refractivity contribution is 0.0690. The van der Waals surface area contributed by atoms with Crippen LogP contribution in [0.5, 0.6) is 0 Å². The van der Waals surface area contributed by atoms with Gasteiger partial charge in [-0.1, -0.05) is 37.3 Å². The number of aromatic carboxylic acids is 1. The van der Waals surface area contributed by atoms with Crippen molar-refractivity contribution in [1.29, 1.82) is 0 Å². The van der Waals surface area contributed by atoms with Crippen LogP contribution in [-0.4, -0.2) is 16.1 Å². The number of benzene rings is 1. The van der Waals surface area contributed by atoms with Crippen molar-refractivity contribution in [3.8, 4) is 0 Å². The van der Waals surface area contributed by atoms with Gasteiger partial charge in [0.2, 0.25) is 0 Å². The van der Waals surface area contributed by atoms with Crippen molar-refractivity contribution in [2.24, 2.45) is 0 Å². The summed E-state index contributed by atoms with van der Waals surface area (Å²) >= 11 is 0. The molecule has 0 radical (unpaired) electrons. The van der Waals surface area contributed by atoms with Crippen LogP contribution in [0.25, 0.3) is 0 Å². The first-order valence-corrected chi connectivity index (χ1v) is 5.15. The van der Waals surface area contributed by atoms with Crippen molar-refractivity contribution in [2.45, 2.75) is 12.8 Å². The average molecular weight is 215 g/mol. The highest BCUT2D eigenvalue weighted by atomic mass is 16.4. The van der Waals surface area contributed by atoms with Crippen LogP contribution in [0.4, 0.5) is 0 Å². The Morgan fingerprint density at radius 1 is 1.25 bits per heavy atom. The summed E-state index contributed by atoms with van der Waals surface area (Å²) in [5.41, 5.74) is 2.21. The number of carboxylic acid groups (broad SMARTS) is 1. The zero-order chi connectivity index (χ0) is 11.5. The molecule has 0 aliphatic carbocycles. The maximum atomic E-state index is 11.0. The monoisotopic (exact) mass is 215 g/mol. The number of nitrogens with one attached hydrogen (secondary N) is 1. The highest BCUT2D eigenvalue weighted by Crippen LogP contribution is 2.26. The minimum absolute atomic E-state index is 0.0820. The summed E-state index contributed by atoms with van der Waals surface area (Å²) in [6, 6.07) is 11.7. The van der Waals surface area contributed by atoms with Crippen molar-refractivity contribution >= 4 is 5.97 Å². The summed E-state index contributed by atoms with van der Waals surface area (Å²) in [6.45, 7) is 2.00. The number of carboxylic acids is 1. The summed E-state index contributed by atoms with van der Waals surface area (Å²) in [6.07, 6.45) is 1.66. The average Bonchev–Trinajstić information content (AvgIpc) is 2.78. The second-order valence-corrected chi connectivity index (χ2v) is 3.75. The van der Waals surface area contributed by atoms with E-state index in [9.17, 15) is 4.79 Å². The maximum absolute atomic E-state index is 11.0. The van der Waals surface area contributed by atoms with E-state index in [1.54, 1.807) is 6.20 Å². The van der Waals surface area contributed by atoms with Gasteiger partial charge in [-0.2, -0.15) is 0 Å². The second kappa shape index (κ2) is 4.23. The third-order valence-electron chi connectivity index (χ3n) is 2.76. The van der Waals surface area contributed by atoms with E-state index in [2.05, 4.69) is 4.98 Å². The van der Waals surface area contributed by atoms with Gasteiger partial charge in [-0.15, -0.1) is 0 Å². The molecule has 1 atom stereocenters. The zero-order valence-electron chi connectivity index (χ0n) is 8.97. The normalized spacial score (nSPS) is 12.3. The summed E-state index contributed by atoms with van der Waals surface area (Å²) in [7, 11) is 0. The molecule has 1 aromatic heterocycles. The molecule has 0 amide bonds. The molecule has 0 saturated carbocycles. The van der Waals surface area contributed by atoms with Crippen molar-refractivity contribution < 1.29 is 9.90 Å². The van der Waals surface area contributed by atoms with Gasteiger partial charge < -0.3 is 10.1 Å². The minimum atomic E-state index is -0.914. The van der Waals surface area contributed by atoms with Crippen LogP contribution in [0.3, 0.4) is 0 Å². The summed E-state index contributed by atoms with van der Waals surface area (Å²) < 4.78 is 0.